The highest BCUT2D eigenvalue weighted by molar-refractivity contribution is 6.99. The SMILES string of the molecule is C[C@@H]1CC[C@@]23CCC(=O)C2[C@]1(C)[C@H](OC(=O)CO[Si](c1ccccc1)(c1ccccc1)C(C)(C)C)C[C@](C)(CCO)[C@@H](O)[C@@H]3C. The minimum Gasteiger partial charge on any atom is -0.460 e. The fourth-order valence-electron chi connectivity index (χ4n) is 9.98. The Kier molecular flexibility index (Phi) is 9.35. The summed E-state index contributed by atoms with van der Waals surface area (Å²) in [5.41, 5.74) is -1.62. The molecule has 2 bridgehead atoms. The van der Waals surface area contributed by atoms with Crippen LogP contribution in [0, 0.1) is 34.0 Å². The summed E-state index contributed by atoms with van der Waals surface area (Å²) in [6.45, 7) is 14.7. The van der Waals surface area contributed by atoms with Crippen molar-refractivity contribution in [2.24, 2.45) is 34.0 Å². The maximum atomic E-state index is 14.1. The van der Waals surface area contributed by atoms with Gasteiger partial charge in [0, 0.05) is 24.4 Å². The van der Waals surface area contributed by atoms with Crippen molar-refractivity contribution < 1.29 is 29.0 Å². The number of hydrogen-bond donors (Lipinski definition) is 2. The summed E-state index contributed by atoms with van der Waals surface area (Å²) in [4.78, 5) is 27.9. The van der Waals surface area contributed by atoms with Gasteiger partial charge in [0.2, 0.25) is 0 Å². The monoisotopic (exact) mass is 634 g/mol. The fourth-order valence-corrected chi connectivity index (χ4v) is 14.5. The zero-order valence-electron chi connectivity index (χ0n) is 28.3. The zero-order valence-corrected chi connectivity index (χ0v) is 29.3. The maximum Gasteiger partial charge on any atom is 0.331 e. The molecule has 2 aromatic rings. The molecule has 3 aliphatic rings. The highest BCUT2D eigenvalue weighted by Gasteiger charge is 2.68. The third-order valence-electron chi connectivity index (χ3n) is 12.7. The van der Waals surface area contributed by atoms with Crippen LogP contribution in [0.15, 0.2) is 60.7 Å². The summed E-state index contributed by atoms with van der Waals surface area (Å²) in [6, 6.07) is 20.5. The number of aliphatic hydroxyl groups is 2. The third-order valence-corrected chi connectivity index (χ3v) is 17.7. The summed E-state index contributed by atoms with van der Waals surface area (Å²) >= 11 is 0. The van der Waals surface area contributed by atoms with E-state index >= 15 is 0 Å². The van der Waals surface area contributed by atoms with Crippen LogP contribution in [0.4, 0.5) is 0 Å². The second-order valence-electron chi connectivity index (χ2n) is 15.9. The van der Waals surface area contributed by atoms with E-state index in [0.29, 0.717) is 19.3 Å². The quantitative estimate of drug-likeness (QED) is 0.287. The van der Waals surface area contributed by atoms with Gasteiger partial charge in [-0.05, 0) is 70.2 Å². The number of ketones is 1. The van der Waals surface area contributed by atoms with Gasteiger partial charge in [0.25, 0.3) is 8.32 Å². The van der Waals surface area contributed by atoms with Gasteiger partial charge in [-0.25, -0.2) is 4.79 Å². The summed E-state index contributed by atoms with van der Waals surface area (Å²) in [5.74, 6) is -0.454. The molecule has 0 saturated heterocycles. The average molecular weight is 635 g/mol. The Balaban J connectivity index is 1.53. The molecule has 1 unspecified atom stereocenters. The Labute approximate surface area is 271 Å². The van der Waals surface area contributed by atoms with Gasteiger partial charge >= 0.3 is 5.97 Å². The van der Waals surface area contributed by atoms with Gasteiger partial charge in [-0.1, -0.05) is 109 Å². The molecule has 0 spiro atoms. The first-order chi connectivity index (χ1) is 21.2. The molecule has 45 heavy (non-hydrogen) atoms. The Hall–Kier alpha value is -2.32. The molecule has 0 heterocycles. The Bertz CT molecular complexity index is 1320. The average Bonchev–Trinajstić information content (AvgIpc) is 3.36. The smallest absolute Gasteiger partial charge is 0.331 e. The van der Waals surface area contributed by atoms with Crippen molar-refractivity contribution in [1.82, 2.24) is 0 Å². The normalized spacial score (nSPS) is 35.3. The maximum absolute atomic E-state index is 14.1. The van der Waals surface area contributed by atoms with Crippen LogP contribution in [0.1, 0.15) is 87.0 Å². The van der Waals surface area contributed by atoms with Gasteiger partial charge in [0.05, 0.1) is 6.10 Å². The molecule has 0 aliphatic heterocycles. The number of Topliss-reactive ketones (excluding diaryl/α,β-unsaturated/α-hetero) is 1. The van der Waals surface area contributed by atoms with E-state index in [0.717, 1.165) is 29.6 Å². The lowest BCUT2D eigenvalue weighted by molar-refractivity contribution is -0.214. The van der Waals surface area contributed by atoms with Crippen molar-refractivity contribution in [3.8, 4) is 0 Å². The molecule has 0 amide bonds. The fraction of sp³-hybridized carbons (Fsp3) is 0.632. The lowest BCUT2D eigenvalue weighted by atomic mass is 9.43. The molecular weight excluding hydrogens is 580 g/mol. The summed E-state index contributed by atoms with van der Waals surface area (Å²) in [6.07, 6.45) is 2.49. The molecule has 5 rings (SSSR count). The van der Waals surface area contributed by atoms with E-state index in [1.165, 1.54) is 0 Å². The molecule has 8 atom stereocenters. The molecule has 3 saturated carbocycles. The van der Waals surface area contributed by atoms with E-state index < -0.39 is 37.3 Å². The molecule has 6 nitrogen and oxygen atoms in total. The van der Waals surface area contributed by atoms with Crippen LogP contribution >= 0.6 is 0 Å². The number of benzene rings is 2. The van der Waals surface area contributed by atoms with Crippen molar-refractivity contribution in [2.45, 2.75) is 104 Å². The van der Waals surface area contributed by atoms with Crippen LogP contribution in [0.3, 0.4) is 0 Å². The molecule has 0 radical (unpaired) electrons. The minimum absolute atomic E-state index is 0.0699. The van der Waals surface area contributed by atoms with E-state index in [1.807, 2.05) is 43.3 Å². The largest absolute Gasteiger partial charge is 0.460 e. The highest BCUT2D eigenvalue weighted by Crippen LogP contribution is 2.68. The minimum atomic E-state index is -2.98. The van der Waals surface area contributed by atoms with Crippen molar-refractivity contribution in [3.05, 3.63) is 60.7 Å². The first-order valence-corrected chi connectivity index (χ1v) is 18.8. The Morgan fingerprint density at radius 1 is 0.978 bits per heavy atom. The lowest BCUT2D eigenvalue weighted by Gasteiger charge is -2.62. The third kappa shape index (κ3) is 5.45. The molecule has 0 aromatic heterocycles. The van der Waals surface area contributed by atoms with E-state index in [2.05, 4.69) is 65.8 Å². The molecule has 2 N–H and O–H groups in total. The first-order valence-electron chi connectivity index (χ1n) is 16.9. The van der Waals surface area contributed by atoms with Gasteiger partial charge < -0.3 is 19.4 Å². The predicted molar refractivity (Wildman–Crippen MR) is 180 cm³/mol. The van der Waals surface area contributed by atoms with E-state index in [9.17, 15) is 19.8 Å². The summed E-state index contributed by atoms with van der Waals surface area (Å²) in [7, 11) is -2.98. The van der Waals surface area contributed by atoms with E-state index in [-0.39, 0.29) is 47.2 Å². The summed E-state index contributed by atoms with van der Waals surface area (Å²) in [5, 5.41) is 24.0. The topological polar surface area (TPSA) is 93.1 Å². The Morgan fingerprint density at radius 2 is 1.56 bits per heavy atom. The molecule has 2 aromatic carbocycles. The number of hydrogen-bond acceptors (Lipinski definition) is 6. The lowest BCUT2D eigenvalue weighted by Crippen LogP contribution is -2.67. The number of ether oxygens (including phenoxy) is 1. The molecular formula is C38H54O6Si. The van der Waals surface area contributed by atoms with Crippen molar-refractivity contribution in [1.29, 1.82) is 0 Å². The van der Waals surface area contributed by atoms with Crippen molar-refractivity contribution >= 4 is 30.4 Å². The van der Waals surface area contributed by atoms with Crippen molar-refractivity contribution in [2.75, 3.05) is 13.2 Å². The Morgan fingerprint density at radius 3 is 2.09 bits per heavy atom. The van der Waals surface area contributed by atoms with Crippen LogP contribution in [0.25, 0.3) is 0 Å². The number of aliphatic hydroxyl groups excluding tert-OH is 2. The molecule has 7 heteroatoms. The van der Waals surface area contributed by atoms with Gasteiger partial charge in [0.1, 0.15) is 18.5 Å². The second kappa shape index (κ2) is 12.4. The van der Waals surface area contributed by atoms with Crippen LogP contribution in [-0.2, 0) is 18.8 Å². The van der Waals surface area contributed by atoms with Gasteiger partial charge in [0.15, 0.2) is 0 Å². The standard InChI is InChI=1S/C38H54O6Si/c1-26-18-20-38-21-19-30(40)33(38)37(26,7)31(24-36(6,22-23-39)34(42)27(38)2)44-32(41)25-43-45(35(3,4)5,28-14-10-8-11-15-28)29-16-12-9-13-17-29/h8-17,26-27,31,33-34,39,42H,18-25H2,1-7H3/t26-,27+,31-,33?,34+,36+,37+,38+/m1/s1. The number of carbonyl (C=O) groups is 2. The van der Waals surface area contributed by atoms with E-state index in [4.69, 9.17) is 9.16 Å². The van der Waals surface area contributed by atoms with E-state index in [1.54, 1.807) is 0 Å². The van der Waals surface area contributed by atoms with Crippen LogP contribution in [0.5, 0.6) is 0 Å². The number of rotatable bonds is 8. The van der Waals surface area contributed by atoms with Gasteiger partial charge in [-0.15, -0.1) is 0 Å². The molecule has 246 valence electrons. The van der Waals surface area contributed by atoms with Crippen LogP contribution in [0.2, 0.25) is 5.04 Å². The molecule has 3 fully saturated rings. The number of esters is 1. The first kappa shape index (κ1) is 34.0. The van der Waals surface area contributed by atoms with Gasteiger partial charge in [-0.3, -0.25) is 4.79 Å². The zero-order chi connectivity index (χ0) is 32.8. The van der Waals surface area contributed by atoms with Crippen LogP contribution in [-0.4, -0.2) is 55.7 Å². The van der Waals surface area contributed by atoms with Crippen LogP contribution < -0.4 is 10.4 Å². The molecule has 3 aliphatic carbocycles. The second-order valence-corrected chi connectivity index (χ2v) is 20.2. The summed E-state index contributed by atoms with van der Waals surface area (Å²) < 4.78 is 13.5. The van der Waals surface area contributed by atoms with Gasteiger partial charge in [-0.2, -0.15) is 0 Å². The number of carbonyl (C=O) groups excluding carboxylic acids is 2. The van der Waals surface area contributed by atoms with Crippen molar-refractivity contribution in [3.63, 3.8) is 0 Å². The predicted octanol–water partition coefficient (Wildman–Crippen LogP) is 5.67. The highest BCUT2D eigenvalue weighted by atomic mass is 28.4.